The van der Waals surface area contributed by atoms with Gasteiger partial charge in [-0.2, -0.15) is 0 Å². The minimum atomic E-state index is -2.71. The van der Waals surface area contributed by atoms with Crippen LogP contribution in [0.3, 0.4) is 0 Å². The maximum Gasteiger partial charge on any atom is 0.764 e. The normalized spacial score (nSPS) is 10.1. The van der Waals surface area contributed by atoms with Gasteiger partial charge in [-0.15, -0.1) is 0 Å². The Labute approximate surface area is 87.1 Å². The Morgan fingerprint density at radius 3 is 2.00 bits per heavy atom. The lowest BCUT2D eigenvalue weighted by atomic mass is 10.1. The zero-order valence-electron chi connectivity index (χ0n) is 8.83. The van der Waals surface area contributed by atoms with Crippen LogP contribution in [0.1, 0.15) is 38.5 Å². The summed E-state index contributed by atoms with van der Waals surface area (Å²) in [5.74, 6) is 0. The number of methoxy groups -OCH3 is 1. The highest BCUT2D eigenvalue weighted by molar-refractivity contribution is 6.24. The summed E-state index contributed by atoms with van der Waals surface area (Å²) < 4.78 is 19.7. The maximum absolute atomic E-state index is 10.2. The molecule has 0 fully saturated rings. The second-order valence-electron chi connectivity index (χ2n) is 3.23. The van der Waals surface area contributed by atoms with Crippen LogP contribution in [0.2, 0.25) is 0 Å². The summed E-state index contributed by atoms with van der Waals surface area (Å²) >= 11 is 0. The van der Waals surface area contributed by atoms with E-state index in [1.165, 1.54) is 19.3 Å². The molecule has 0 amide bonds. The molecule has 0 saturated carbocycles. The van der Waals surface area contributed by atoms with Gasteiger partial charge >= 0.3 is 9.17 Å². The zero-order chi connectivity index (χ0) is 10.6. The van der Waals surface area contributed by atoms with Crippen LogP contribution in [0.4, 0.5) is 0 Å². The van der Waals surface area contributed by atoms with Gasteiger partial charge in [0.05, 0.1) is 6.61 Å². The van der Waals surface area contributed by atoms with Crippen LogP contribution in [-0.2, 0) is 13.6 Å². The predicted molar refractivity (Wildman–Crippen MR) is 54.2 cm³/mol. The number of hydrogen-bond donors (Lipinski definition) is 1. The average molecular weight is 220 g/mol. The molecule has 84 valence electrons. The lowest BCUT2D eigenvalue weighted by molar-refractivity contribution is 0.191. The van der Waals surface area contributed by atoms with Crippen molar-refractivity contribution in [3.63, 3.8) is 0 Å². The third kappa shape index (κ3) is 11.6. The fourth-order valence-corrected chi connectivity index (χ4v) is 1.53. The third-order valence-electron chi connectivity index (χ3n) is 1.97. The molecule has 4 nitrogen and oxygen atoms in total. The molecule has 0 unspecified atom stereocenters. The monoisotopic (exact) mass is 220 g/mol. The highest BCUT2D eigenvalue weighted by Gasteiger charge is 2.01. The second-order valence-corrected chi connectivity index (χ2v) is 4.05. The Morgan fingerprint density at radius 2 is 1.50 bits per heavy atom. The molecule has 0 aliphatic rings. The third-order valence-corrected chi connectivity index (χ3v) is 2.42. The van der Waals surface area contributed by atoms with Crippen LogP contribution in [0.15, 0.2) is 0 Å². The lowest BCUT2D eigenvalue weighted by Crippen LogP contribution is -2.06. The highest BCUT2D eigenvalue weighted by Crippen LogP contribution is 2.05. The van der Waals surface area contributed by atoms with Crippen LogP contribution >= 0.6 is 0 Å². The van der Waals surface area contributed by atoms with Crippen molar-refractivity contribution in [2.24, 2.45) is 0 Å². The van der Waals surface area contributed by atoms with Crippen molar-refractivity contribution in [3.8, 4) is 0 Å². The first kappa shape index (κ1) is 13.6. The van der Waals surface area contributed by atoms with E-state index in [0.29, 0.717) is 6.61 Å². The largest absolute Gasteiger partial charge is 0.764 e. The first-order chi connectivity index (χ1) is 6.77. The van der Waals surface area contributed by atoms with E-state index in [-0.39, 0.29) is 0 Å². The van der Waals surface area contributed by atoms with E-state index in [2.05, 4.69) is 4.43 Å². The standard InChI is InChI=1S/C9H20O4Si/c1-12-8-6-4-2-3-5-7-9-13-14(10)11/h10H,2-9H2,1H3. The van der Waals surface area contributed by atoms with Crippen molar-refractivity contribution in [2.45, 2.75) is 38.5 Å². The summed E-state index contributed by atoms with van der Waals surface area (Å²) in [6, 6.07) is 0. The van der Waals surface area contributed by atoms with E-state index in [4.69, 9.17) is 9.53 Å². The Bertz CT molecular complexity index is 141. The number of rotatable bonds is 10. The van der Waals surface area contributed by atoms with Crippen molar-refractivity contribution in [1.29, 1.82) is 0 Å². The van der Waals surface area contributed by atoms with Crippen LogP contribution < -0.4 is 0 Å². The van der Waals surface area contributed by atoms with Crippen LogP contribution in [-0.4, -0.2) is 34.3 Å². The topological polar surface area (TPSA) is 55.8 Å². The summed E-state index contributed by atoms with van der Waals surface area (Å²) in [6.45, 7) is 1.25. The smallest absolute Gasteiger partial charge is 0.511 e. The molecule has 0 aromatic heterocycles. The number of unbranched alkanes of at least 4 members (excludes halogenated alkanes) is 5. The van der Waals surface area contributed by atoms with Gasteiger partial charge < -0.3 is 14.0 Å². The zero-order valence-corrected chi connectivity index (χ0v) is 9.83. The Kier molecular flexibility index (Phi) is 10.3. The van der Waals surface area contributed by atoms with Crippen LogP contribution in [0.5, 0.6) is 0 Å². The summed E-state index contributed by atoms with van der Waals surface area (Å²) in [4.78, 5) is 8.36. The van der Waals surface area contributed by atoms with Gasteiger partial charge in [-0.05, 0) is 12.8 Å². The second kappa shape index (κ2) is 10.7. The molecule has 1 N–H and O–H groups in total. The number of ether oxygens (including phenoxy) is 1. The molecule has 0 bridgehead atoms. The summed E-state index contributed by atoms with van der Waals surface area (Å²) in [5, 5.41) is 0. The van der Waals surface area contributed by atoms with Crippen molar-refractivity contribution in [1.82, 2.24) is 0 Å². The van der Waals surface area contributed by atoms with Crippen molar-refractivity contribution in [3.05, 3.63) is 0 Å². The minimum absolute atomic E-state index is 0.409. The van der Waals surface area contributed by atoms with E-state index >= 15 is 0 Å². The van der Waals surface area contributed by atoms with E-state index in [9.17, 15) is 4.46 Å². The van der Waals surface area contributed by atoms with Crippen molar-refractivity contribution < 1.29 is 18.4 Å². The summed E-state index contributed by atoms with van der Waals surface area (Å²) in [5.41, 5.74) is 0. The molecule has 14 heavy (non-hydrogen) atoms. The van der Waals surface area contributed by atoms with Gasteiger partial charge in [-0.25, -0.2) is 0 Å². The van der Waals surface area contributed by atoms with Gasteiger partial charge in [0.2, 0.25) is 0 Å². The lowest BCUT2D eigenvalue weighted by Gasteiger charge is -2.01. The van der Waals surface area contributed by atoms with Gasteiger partial charge in [0.1, 0.15) is 0 Å². The minimum Gasteiger partial charge on any atom is -0.511 e. The molecule has 0 heterocycles. The van der Waals surface area contributed by atoms with Gasteiger partial charge in [-0.3, -0.25) is 4.46 Å². The Morgan fingerprint density at radius 1 is 1.00 bits per heavy atom. The molecule has 0 aliphatic heterocycles. The molecular weight excluding hydrogens is 200 g/mol. The number of hydrogen-bond acceptors (Lipinski definition) is 3. The first-order valence-corrected chi connectivity index (χ1v) is 6.38. The molecule has 0 radical (unpaired) electrons. The SMILES string of the molecule is COCCCCCCCCO[Si](=O)O. The van der Waals surface area contributed by atoms with E-state index in [1.807, 2.05) is 0 Å². The van der Waals surface area contributed by atoms with Crippen LogP contribution in [0.25, 0.3) is 0 Å². The van der Waals surface area contributed by atoms with E-state index in [1.54, 1.807) is 7.11 Å². The van der Waals surface area contributed by atoms with Gasteiger partial charge in [0, 0.05) is 13.7 Å². The summed E-state index contributed by atoms with van der Waals surface area (Å²) in [7, 11) is -0.989. The summed E-state index contributed by atoms with van der Waals surface area (Å²) in [6.07, 6.45) is 6.64. The maximum atomic E-state index is 10.2. The molecule has 5 heteroatoms. The fourth-order valence-electron chi connectivity index (χ4n) is 1.22. The molecule has 0 rings (SSSR count). The molecule has 0 aromatic rings. The highest BCUT2D eigenvalue weighted by atomic mass is 28.3. The Balaban J connectivity index is 2.88. The molecule has 0 aliphatic carbocycles. The van der Waals surface area contributed by atoms with Crippen LogP contribution in [0, 0.1) is 0 Å². The molecule has 0 atom stereocenters. The molecule has 0 saturated heterocycles. The Hall–Kier alpha value is -0.423. The molecule has 0 spiro atoms. The quantitative estimate of drug-likeness (QED) is 0.446. The van der Waals surface area contributed by atoms with Gasteiger partial charge in [-0.1, -0.05) is 25.7 Å². The molecule has 0 aromatic carbocycles. The van der Waals surface area contributed by atoms with Crippen molar-refractivity contribution in [2.75, 3.05) is 20.3 Å². The molecular formula is C9H20O4Si. The van der Waals surface area contributed by atoms with Crippen molar-refractivity contribution >= 4 is 9.17 Å². The first-order valence-electron chi connectivity index (χ1n) is 5.12. The predicted octanol–water partition coefficient (Wildman–Crippen LogP) is 1.40. The van der Waals surface area contributed by atoms with E-state index < -0.39 is 9.17 Å². The van der Waals surface area contributed by atoms with Gasteiger partial charge in [0.25, 0.3) is 0 Å². The van der Waals surface area contributed by atoms with Gasteiger partial charge in [0.15, 0.2) is 0 Å². The van der Waals surface area contributed by atoms with E-state index in [0.717, 1.165) is 25.9 Å². The average Bonchev–Trinajstić information content (AvgIpc) is 2.15. The fraction of sp³-hybridized carbons (Fsp3) is 1.00.